The summed E-state index contributed by atoms with van der Waals surface area (Å²) >= 11 is 0. The molecule has 0 radical (unpaired) electrons. The fourth-order valence-electron chi connectivity index (χ4n) is 2.06. The third-order valence-electron chi connectivity index (χ3n) is 3.04. The first-order valence-corrected chi connectivity index (χ1v) is 5.94. The molecule has 0 spiro atoms. The van der Waals surface area contributed by atoms with Crippen LogP contribution in [0, 0.1) is 0 Å². The largest absolute Gasteiger partial charge is 0.330 e. The summed E-state index contributed by atoms with van der Waals surface area (Å²) in [7, 11) is 0. The Morgan fingerprint density at radius 1 is 1.41 bits per heavy atom. The molecule has 1 heterocycles. The van der Waals surface area contributed by atoms with E-state index >= 15 is 0 Å². The molecule has 0 aliphatic rings. The Kier molecular flexibility index (Phi) is 3.54. The SMILES string of the molecule is CCC(CCN)n1ncc2ccccc2c1=O. The van der Waals surface area contributed by atoms with E-state index in [2.05, 4.69) is 5.10 Å². The van der Waals surface area contributed by atoms with Crippen molar-refractivity contribution in [2.75, 3.05) is 6.54 Å². The first-order valence-electron chi connectivity index (χ1n) is 5.94. The van der Waals surface area contributed by atoms with E-state index in [4.69, 9.17) is 5.73 Å². The minimum Gasteiger partial charge on any atom is -0.330 e. The van der Waals surface area contributed by atoms with E-state index in [1.165, 1.54) is 0 Å². The van der Waals surface area contributed by atoms with Gasteiger partial charge in [-0.2, -0.15) is 5.10 Å². The number of benzene rings is 1. The molecule has 1 atom stereocenters. The van der Waals surface area contributed by atoms with E-state index in [-0.39, 0.29) is 11.6 Å². The highest BCUT2D eigenvalue weighted by atomic mass is 16.1. The quantitative estimate of drug-likeness (QED) is 0.871. The fourth-order valence-corrected chi connectivity index (χ4v) is 2.06. The zero-order valence-electron chi connectivity index (χ0n) is 9.97. The molecule has 0 aliphatic heterocycles. The molecule has 17 heavy (non-hydrogen) atoms. The summed E-state index contributed by atoms with van der Waals surface area (Å²) in [6.45, 7) is 2.61. The van der Waals surface area contributed by atoms with Crippen LogP contribution in [0.5, 0.6) is 0 Å². The van der Waals surface area contributed by atoms with Gasteiger partial charge in [-0.1, -0.05) is 25.1 Å². The molecule has 1 unspecified atom stereocenters. The second-order valence-corrected chi connectivity index (χ2v) is 4.12. The number of nitrogens with two attached hydrogens (primary N) is 1. The van der Waals surface area contributed by atoms with E-state index in [1.807, 2.05) is 31.2 Å². The van der Waals surface area contributed by atoms with Gasteiger partial charge in [0.15, 0.2) is 0 Å². The average Bonchev–Trinajstić information content (AvgIpc) is 2.37. The van der Waals surface area contributed by atoms with Gasteiger partial charge in [-0.25, -0.2) is 4.68 Å². The molecule has 2 aromatic rings. The van der Waals surface area contributed by atoms with Crippen molar-refractivity contribution in [1.29, 1.82) is 0 Å². The molecule has 4 nitrogen and oxygen atoms in total. The smallest absolute Gasteiger partial charge is 0.274 e. The van der Waals surface area contributed by atoms with E-state index in [9.17, 15) is 4.79 Å². The molecule has 0 fully saturated rings. The van der Waals surface area contributed by atoms with Gasteiger partial charge in [0.05, 0.1) is 17.6 Å². The van der Waals surface area contributed by atoms with Gasteiger partial charge >= 0.3 is 0 Å². The second kappa shape index (κ2) is 5.10. The molecule has 2 N–H and O–H groups in total. The molecule has 90 valence electrons. The van der Waals surface area contributed by atoms with Gasteiger partial charge in [-0.3, -0.25) is 4.79 Å². The highest BCUT2D eigenvalue weighted by Gasteiger charge is 2.12. The molecule has 0 aliphatic carbocycles. The van der Waals surface area contributed by atoms with Gasteiger partial charge in [-0.15, -0.1) is 0 Å². The van der Waals surface area contributed by atoms with Crippen LogP contribution in [0.4, 0.5) is 0 Å². The van der Waals surface area contributed by atoms with Crippen LogP contribution in [0.25, 0.3) is 10.8 Å². The van der Waals surface area contributed by atoms with Crippen LogP contribution in [0.1, 0.15) is 25.8 Å². The maximum absolute atomic E-state index is 12.3. The summed E-state index contributed by atoms with van der Waals surface area (Å²) in [6.07, 6.45) is 3.39. The standard InChI is InChI=1S/C13H17N3O/c1-2-11(7-8-14)16-13(17)12-6-4-3-5-10(12)9-15-16/h3-6,9,11H,2,7-8,14H2,1H3. The number of nitrogens with zero attached hydrogens (tertiary/aromatic N) is 2. The van der Waals surface area contributed by atoms with Crippen molar-refractivity contribution in [3.8, 4) is 0 Å². The molecule has 0 saturated heterocycles. The molecule has 2 rings (SSSR count). The number of aromatic nitrogens is 2. The van der Waals surface area contributed by atoms with Crippen molar-refractivity contribution in [1.82, 2.24) is 9.78 Å². The van der Waals surface area contributed by atoms with Gasteiger partial charge in [0.2, 0.25) is 0 Å². The molecule has 0 saturated carbocycles. The Morgan fingerprint density at radius 3 is 2.88 bits per heavy atom. The summed E-state index contributed by atoms with van der Waals surface area (Å²) < 4.78 is 1.56. The highest BCUT2D eigenvalue weighted by Crippen LogP contribution is 2.13. The Balaban J connectivity index is 2.55. The summed E-state index contributed by atoms with van der Waals surface area (Å²) in [5.74, 6) is 0. The van der Waals surface area contributed by atoms with Crippen LogP contribution in [0.3, 0.4) is 0 Å². The summed E-state index contributed by atoms with van der Waals surface area (Å²) in [5.41, 5.74) is 5.54. The first-order chi connectivity index (χ1) is 8.27. The average molecular weight is 231 g/mol. The van der Waals surface area contributed by atoms with Crippen LogP contribution in [-0.4, -0.2) is 16.3 Å². The van der Waals surface area contributed by atoms with E-state index < -0.39 is 0 Å². The zero-order chi connectivity index (χ0) is 12.3. The number of fused-ring (bicyclic) bond motifs is 1. The van der Waals surface area contributed by atoms with Crippen molar-refractivity contribution >= 4 is 10.8 Å². The third-order valence-corrected chi connectivity index (χ3v) is 3.04. The normalized spacial score (nSPS) is 12.8. The summed E-state index contributed by atoms with van der Waals surface area (Å²) in [6, 6.07) is 7.61. The Hall–Kier alpha value is -1.68. The van der Waals surface area contributed by atoms with Crippen LogP contribution in [-0.2, 0) is 0 Å². The van der Waals surface area contributed by atoms with Gasteiger partial charge in [-0.05, 0) is 25.5 Å². The summed E-state index contributed by atoms with van der Waals surface area (Å²) in [5, 5.41) is 5.85. The van der Waals surface area contributed by atoms with Crippen molar-refractivity contribution in [3.63, 3.8) is 0 Å². The number of rotatable bonds is 4. The van der Waals surface area contributed by atoms with Crippen LogP contribution in [0.2, 0.25) is 0 Å². The van der Waals surface area contributed by atoms with Crippen molar-refractivity contribution < 1.29 is 0 Å². The predicted octanol–water partition coefficient (Wildman–Crippen LogP) is 1.70. The van der Waals surface area contributed by atoms with Crippen molar-refractivity contribution in [3.05, 3.63) is 40.8 Å². The second-order valence-electron chi connectivity index (χ2n) is 4.12. The Morgan fingerprint density at radius 2 is 2.18 bits per heavy atom. The lowest BCUT2D eigenvalue weighted by atomic mass is 10.1. The Bertz CT molecular complexity index is 562. The van der Waals surface area contributed by atoms with Gasteiger partial charge in [0.25, 0.3) is 5.56 Å². The van der Waals surface area contributed by atoms with Gasteiger partial charge in [0.1, 0.15) is 0 Å². The Labute approximate surface area is 100 Å². The van der Waals surface area contributed by atoms with E-state index in [0.29, 0.717) is 6.54 Å². The predicted molar refractivity (Wildman–Crippen MR) is 69.0 cm³/mol. The molecule has 1 aromatic carbocycles. The number of hydrogen-bond acceptors (Lipinski definition) is 3. The molecular weight excluding hydrogens is 214 g/mol. The van der Waals surface area contributed by atoms with Crippen molar-refractivity contribution in [2.45, 2.75) is 25.8 Å². The molecule has 0 amide bonds. The van der Waals surface area contributed by atoms with E-state index in [0.717, 1.165) is 23.6 Å². The summed E-state index contributed by atoms with van der Waals surface area (Å²) in [4.78, 5) is 12.3. The highest BCUT2D eigenvalue weighted by molar-refractivity contribution is 5.80. The molecule has 1 aromatic heterocycles. The minimum absolute atomic E-state index is 0.0246. The first kappa shape index (κ1) is 11.8. The van der Waals surface area contributed by atoms with Gasteiger partial charge < -0.3 is 5.73 Å². The fraction of sp³-hybridized carbons (Fsp3) is 0.385. The maximum Gasteiger partial charge on any atom is 0.274 e. The van der Waals surface area contributed by atoms with Crippen LogP contribution in [0.15, 0.2) is 35.3 Å². The number of hydrogen-bond donors (Lipinski definition) is 1. The topological polar surface area (TPSA) is 60.9 Å². The van der Waals surface area contributed by atoms with Gasteiger partial charge in [0, 0.05) is 5.39 Å². The van der Waals surface area contributed by atoms with Crippen LogP contribution >= 0.6 is 0 Å². The lowest BCUT2D eigenvalue weighted by molar-refractivity contribution is 0.402. The maximum atomic E-state index is 12.3. The monoisotopic (exact) mass is 231 g/mol. The lowest BCUT2D eigenvalue weighted by Gasteiger charge is -2.16. The van der Waals surface area contributed by atoms with Crippen LogP contribution < -0.4 is 11.3 Å². The zero-order valence-corrected chi connectivity index (χ0v) is 9.97. The molecule has 0 bridgehead atoms. The molecule has 4 heteroatoms. The van der Waals surface area contributed by atoms with E-state index in [1.54, 1.807) is 10.9 Å². The van der Waals surface area contributed by atoms with Crippen molar-refractivity contribution in [2.24, 2.45) is 5.73 Å². The molecular formula is C13H17N3O. The minimum atomic E-state index is -0.0246. The third kappa shape index (κ3) is 2.22. The lowest BCUT2D eigenvalue weighted by Crippen LogP contribution is -2.28.